The summed E-state index contributed by atoms with van der Waals surface area (Å²) in [4.78, 5) is 24.8. The van der Waals surface area contributed by atoms with Crippen LogP contribution in [0.25, 0.3) is 10.8 Å². The minimum atomic E-state index is -3.88. The Bertz CT molecular complexity index is 1480. The molecule has 0 unspecified atom stereocenters. The number of nitrogens with one attached hydrogen (secondary N) is 2. The zero-order valence-electron chi connectivity index (χ0n) is 23.0. The molecular weight excluding hydrogens is 510 g/mol. The van der Waals surface area contributed by atoms with Gasteiger partial charge in [0, 0.05) is 29.2 Å². The quantitative estimate of drug-likeness (QED) is 0.395. The molecule has 2 N–H and O–H groups in total. The van der Waals surface area contributed by atoms with Crippen molar-refractivity contribution in [2.24, 2.45) is 0 Å². The molecule has 1 aliphatic heterocycles. The Hall–Kier alpha value is -3.49. The highest BCUT2D eigenvalue weighted by molar-refractivity contribution is 7.89. The van der Waals surface area contributed by atoms with Gasteiger partial charge in [-0.25, -0.2) is 8.42 Å². The van der Waals surface area contributed by atoms with E-state index in [-0.39, 0.29) is 22.8 Å². The standard InChI is InChI=1S/C31H37N3O4S/c1-6-28(35)33-26-20-30(2,3)34(31(4,5)21-26)39(37,38)27-15-13-24(14-16-27)29(36)32-18-17-22-11-12-23-9-7-8-10-25(23)19-22/h6-16,19,26H,1,17-18,20-21H2,2-5H3,(H,32,36)(H,33,35). The fourth-order valence-corrected chi connectivity index (χ4v) is 8.12. The summed E-state index contributed by atoms with van der Waals surface area (Å²) in [5.41, 5.74) is 0.0298. The molecule has 1 aliphatic rings. The smallest absolute Gasteiger partial charge is 0.251 e. The zero-order chi connectivity index (χ0) is 28.4. The van der Waals surface area contributed by atoms with Gasteiger partial charge in [-0.05, 0) is 93.6 Å². The second-order valence-corrected chi connectivity index (χ2v) is 13.2. The second kappa shape index (κ2) is 10.9. The van der Waals surface area contributed by atoms with Crippen molar-refractivity contribution in [3.8, 4) is 0 Å². The number of hydrogen-bond acceptors (Lipinski definition) is 4. The van der Waals surface area contributed by atoms with Crippen molar-refractivity contribution >= 4 is 32.6 Å². The van der Waals surface area contributed by atoms with Gasteiger partial charge in [0.1, 0.15) is 0 Å². The van der Waals surface area contributed by atoms with Crippen LogP contribution in [0.2, 0.25) is 0 Å². The Kier molecular flexibility index (Phi) is 8.00. The van der Waals surface area contributed by atoms with Crippen LogP contribution in [0, 0.1) is 0 Å². The number of amides is 2. The highest BCUT2D eigenvalue weighted by Crippen LogP contribution is 2.42. The molecule has 206 valence electrons. The highest BCUT2D eigenvalue weighted by atomic mass is 32.2. The molecule has 0 aliphatic carbocycles. The molecule has 0 spiro atoms. The first-order chi connectivity index (χ1) is 18.3. The minimum absolute atomic E-state index is 0.130. The third-order valence-electron chi connectivity index (χ3n) is 7.29. The largest absolute Gasteiger partial charge is 0.352 e. The van der Waals surface area contributed by atoms with Crippen LogP contribution in [-0.4, -0.2) is 48.2 Å². The van der Waals surface area contributed by atoms with E-state index in [1.807, 2.05) is 39.8 Å². The first-order valence-electron chi connectivity index (χ1n) is 13.2. The maximum absolute atomic E-state index is 13.8. The molecule has 8 heteroatoms. The lowest BCUT2D eigenvalue weighted by atomic mass is 9.79. The lowest BCUT2D eigenvalue weighted by Crippen LogP contribution is -2.65. The van der Waals surface area contributed by atoms with Crippen LogP contribution < -0.4 is 10.6 Å². The summed E-state index contributed by atoms with van der Waals surface area (Å²) in [5, 5.41) is 8.19. The van der Waals surface area contributed by atoms with Crippen LogP contribution in [-0.2, 0) is 21.2 Å². The Morgan fingerprint density at radius 1 is 0.949 bits per heavy atom. The number of sulfonamides is 1. The maximum Gasteiger partial charge on any atom is 0.251 e. The van der Waals surface area contributed by atoms with Gasteiger partial charge in [-0.2, -0.15) is 4.31 Å². The summed E-state index contributed by atoms with van der Waals surface area (Å²) in [6, 6.07) is 20.3. The number of fused-ring (bicyclic) bond motifs is 1. The predicted molar refractivity (Wildman–Crippen MR) is 155 cm³/mol. The maximum atomic E-state index is 13.8. The Labute approximate surface area is 231 Å². The number of piperidine rings is 1. The highest BCUT2D eigenvalue weighted by Gasteiger charge is 2.51. The van der Waals surface area contributed by atoms with Crippen LogP contribution in [0.15, 0.2) is 84.3 Å². The SMILES string of the molecule is C=CC(=O)NC1CC(C)(C)N(S(=O)(=O)c2ccc(C(=O)NCCc3ccc4ccccc4c3)cc2)C(C)(C)C1. The molecule has 7 nitrogen and oxygen atoms in total. The number of hydrogen-bond donors (Lipinski definition) is 2. The number of benzene rings is 3. The van der Waals surface area contributed by atoms with Gasteiger partial charge in [0.15, 0.2) is 0 Å². The molecule has 3 aromatic rings. The molecule has 39 heavy (non-hydrogen) atoms. The summed E-state index contributed by atoms with van der Waals surface area (Å²) in [5.74, 6) is -0.520. The molecule has 0 saturated carbocycles. The van der Waals surface area contributed by atoms with Crippen LogP contribution in [0.5, 0.6) is 0 Å². The normalized spacial score (nSPS) is 17.4. The van der Waals surface area contributed by atoms with Crippen LogP contribution in [0.4, 0.5) is 0 Å². The summed E-state index contributed by atoms with van der Waals surface area (Å²) < 4.78 is 29.2. The lowest BCUT2D eigenvalue weighted by molar-refractivity contribution is -0.118. The monoisotopic (exact) mass is 547 g/mol. The van der Waals surface area contributed by atoms with Crippen molar-refractivity contribution < 1.29 is 18.0 Å². The van der Waals surface area contributed by atoms with Crippen LogP contribution in [0.1, 0.15) is 56.5 Å². The summed E-state index contributed by atoms with van der Waals surface area (Å²) in [6.07, 6.45) is 2.85. The Balaban J connectivity index is 1.43. The van der Waals surface area contributed by atoms with E-state index in [1.165, 1.54) is 23.6 Å². The first-order valence-corrected chi connectivity index (χ1v) is 14.6. The van der Waals surface area contributed by atoms with E-state index in [0.717, 1.165) is 10.9 Å². The minimum Gasteiger partial charge on any atom is -0.352 e. The van der Waals surface area contributed by atoms with Gasteiger partial charge >= 0.3 is 0 Å². The van der Waals surface area contributed by atoms with Gasteiger partial charge in [-0.1, -0.05) is 49.0 Å². The molecule has 0 radical (unpaired) electrons. The molecule has 1 heterocycles. The second-order valence-electron chi connectivity index (χ2n) is 11.4. The van der Waals surface area contributed by atoms with E-state index in [2.05, 4.69) is 47.5 Å². The van der Waals surface area contributed by atoms with Crippen molar-refractivity contribution in [2.75, 3.05) is 6.54 Å². The van der Waals surface area contributed by atoms with Crippen molar-refractivity contribution in [1.82, 2.24) is 14.9 Å². The third kappa shape index (κ3) is 6.23. The molecule has 3 aromatic carbocycles. The number of rotatable bonds is 8. The molecule has 2 amide bonds. The number of carbonyl (C=O) groups excluding carboxylic acids is 2. The Morgan fingerprint density at radius 2 is 1.56 bits per heavy atom. The van der Waals surface area contributed by atoms with E-state index < -0.39 is 21.1 Å². The fraction of sp³-hybridized carbons (Fsp3) is 0.355. The van der Waals surface area contributed by atoms with E-state index in [4.69, 9.17) is 0 Å². The van der Waals surface area contributed by atoms with E-state index in [0.29, 0.717) is 31.4 Å². The molecular formula is C31H37N3O4S. The summed E-state index contributed by atoms with van der Waals surface area (Å²) >= 11 is 0. The van der Waals surface area contributed by atoms with Gasteiger partial charge in [-0.3, -0.25) is 9.59 Å². The van der Waals surface area contributed by atoms with Crippen LogP contribution in [0.3, 0.4) is 0 Å². The zero-order valence-corrected chi connectivity index (χ0v) is 23.8. The number of carbonyl (C=O) groups is 2. The number of nitrogens with zero attached hydrogens (tertiary/aromatic N) is 1. The van der Waals surface area contributed by atoms with Gasteiger partial charge < -0.3 is 10.6 Å². The summed E-state index contributed by atoms with van der Waals surface area (Å²) in [6.45, 7) is 11.5. The Morgan fingerprint density at radius 3 is 2.18 bits per heavy atom. The average Bonchev–Trinajstić information content (AvgIpc) is 2.86. The molecule has 0 aromatic heterocycles. The molecule has 0 bridgehead atoms. The van der Waals surface area contributed by atoms with Gasteiger partial charge in [-0.15, -0.1) is 0 Å². The van der Waals surface area contributed by atoms with Gasteiger partial charge in [0.05, 0.1) is 4.90 Å². The van der Waals surface area contributed by atoms with Crippen molar-refractivity contribution in [3.05, 3.63) is 90.5 Å². The fourth-order valence-electron chi connectivity index (χ4n) is 5.98. The van der Waals surface area contributed by atoms with Crippen molar-refractivity contribution in [1.29, 1.82) is 0 Å². The van der Waals surface area contributed by atoms with Crippen LogP contribution >= 0.6 is 0 Å². The third-order valence-corrected chi connectivity index (χ3v) is 9.63. The average molecular weight is 548 g/mol. The molecule has 1 saturated heterocycles. The lowest BCUT2D eigenvalue weighted by Gasteiger charge is -2.53. The molecule has 4 rings (SSSR count). The molecule has 1 fully saturated rings. The summed E-state index contributed by atoms with van der Waals surface area (Å²) in [7, 11) is -3.88. The van der Waals surface area contributed by atoms with E-state index in [1.54, 1.807) is 16.4 Å². The van der Waals surface area contributed by atoms with E-state index >= 15 is 0 Å². The van der Waals surface area contributed by atoms with Crippen molar-refractivity contribution in [3.63, 3.8) is 0 Å². The first kappa shape index (κ1) is 28.5. The topological polar surface area (TPSA) is 95.6 Å². The van der Waals surface area contributed by atoms with Gasteiger partial charge in [0.2, 0.25) is 15.9 Å². The van der Waals surface area contributed by atoms with Gasteiger partial charge in [0.25, 0.3) is 5.91 Å². The van der Waals surface area contributed by atoms with Crippen molar-refractivity contribution in [2.45, 2.75) is 69.0 Å². The predicted octanol–water partition coefficient (Wildman–Crippen LogP) is 4.82. The molecule has 0 atom stereocenters. The van der Waals surface area contributed by atoms with E-state index in [9.17, 15) is 18.0 Å².